The van der Waals surface area contributed by atoms with Crippen LogP contribution in [0.2, 0.25) is 0 Å². The van der Waals surface area contributed by atoms with Crippen molar-refractivity contribution >= 4 is 23.3 Å². The highest BCUT2D eigenvalue weighted by molar-refractivity contribution is 7.71. The molecule has 1 aromatic heterocycles. The number of fused-ring (bicyclic) bond motifs is 1. The van der Waals surface area contributed by atoms with Gasteiger partial charge in [0.1, 0.15) is 5.75 Å². The summed E-state index contributed by atoms with van der Waals surface area (Å²) in [4.78, 5) is 5.80. The number of imidazole rings is 1. The lowest BCUT2D eigenvalue weighted by atomic mass is 10.1. The summed E-state index contributed by atoms with van der Waals surface area (Å²) in [5.41, 5.74) is 2.21. The second kappa shape index (κ2) is 5.97. The molecule has 0 radical (unpaired) electrons. The summed E-state index contributed by atoms with van der Waals surface area (Å²) in [5.74, 6) is 0.873. The van der Waals surface area contributed by atoms with Gasteiger partial charge >= 0.3 is 0 Å². The molecule has 1 saturated heterocycles. The fourth-order valence-corrected chi connectivity index (χ4v) is 3.21. The number of nitrogens with zero attached hydrogens (tertiary/aromatic N) is 2. The minimum atomic E-state index is 0.797. The first-order valence-corrected chi connectivity index (χ1v) is 7.67. The molecule has 0 unspecified atom stereocenters. The van der Waals surface area contributed by atoms with Crippen molar-refractivity contribution < 1.29 is 4.74 Å². The monoisotopic (exact) mass is 291 g/mol. The van der Waals surface area contributed by atoms with Crippen LogP contribution in [0.1, 0.15) is 19.3 Å². The number of rotatable bonds is 4. The Morgan fingerprint density at radius 1 is 1.20 bits per heavy atom. The lowest BCUT2D eigenvalue weighted by Gasteiger charge is -2.26. The van der Waals surface area contributed by atoms with Gasteiger partial charge in [0.05, 0.1) is 18.1 Å². The molecule has 0 bridgehead atoms. The van der Waals surface area contributed by atoms with E-state index >= 15 is 0 Å². The third-order valence-corrected chi connectivity index (χ3v) is 4.39. The van der Waals surface area contributed by atoms with Crippen LogP contribution in [-0.4, -0.2) is 41.2 Å². The van der Waals surface area contributed by atoms with Crippen molar-refractivity contribution in [1.29, 1.82) is 0 Å². The minimum absolute atomic E-state index is 0.797. The Morgan fingerprint density at radius 2 is 2.00 bits per heavy atom. The maximum absolute atomic E-state index is 5.45. The third-order valence-electron chi connectivity index (χ3n) is 4.07. The molecule has 5 heteroatoms. The number of aromatic nitrogens is 2. The van der Waals surface area contributed by atoms with Crippen LogP contribution in [0.25, 0.3) is 11.0 Å². The topological polar surface area (TPSA) is 33.2 Å². The van der Waals surface area contributed by atoms with Crippen molar-refractivity contribution in [1.82, 2.24) is 14.5 Å². The zero-order valence-electron chi connectivity index (χ0n) is 11.9. The minimum Gasteiger partial charge on any atom is -0.497 e. The van der Waals surface area contributed by atoms with E-state index in [4.69, 9.17) is 17.0 Å². The van der Waals surface area contributed by atoms with E-state index in [-0.39, 0.29) is 0 Å². The Labute approximate surface area is 124 Å². The Balaban J connectivity index is 1.82. The van der Waals surface area contributed by atoms with Gasteiger partial charge in [0.25, 0.3) is 0 Å². The van der Waals surface area contributed by atoms with Gasteiger partial charge in [0, 0.05) is 19.2 Å². The van der Waals surface area contributed by atoms with Crippen molar-refractivity contribution in [3.63, 3.8) is 0 Å². The van der Waals surface area contributed by atoms with Crippen LogP contribution in [0.5, 0.6) is 5.75 Å². The number of benzene rings is 1. The summed E-state index contributed by atoms with van der Waals surface area (Å²) in [6.45, 7) is 4.45. The van der Waals surface area contributed by atoms with Crippen molar-refractivity contribution in [2.45, 2.75) is 25.8 Å². The number of hydrogen-bond acceptors (Lipinski definition) is 3. The second-order valence-corrected chi connectivity index (χ2v) is 5.75. The van der Waals surface area contributed by atoms with Gasteiger partial charge in [0.15, 0.2) is 4.77 Å². The van der Waals surface area contributed by atoms with Crippen molar-refractivity contribution in [3.05, 3.63) is 23.0 Å². The number of piperidine rings is 1. The predicted octanol–water partition coefficient (Wildman–Crippen LogP) is 3.19. The molecule has 0 saturated carbocycles. The summed E-state index contributed by atoms with van der Waals surface area (Å²) < 4.78 is 8.29. The van der Waals surface area contributed by atoms with Gasteiger partial charge in [-0.15, -0.1) is 0 Å². The number of hydrogen-bond donors (Lipinski definition) is 1. The molecule has 20 heavy (non-hydrogen) atoms. The van der Waals surface area contributed by atoms with E-state index in [0.717, 1.165) is 34.6 Å². The van der Waals surface area contributed by atoms with Gasteiger partial charge in [-0.1, -0.05) is 6.42 Å². The van der Waals surface area contributed by atoms with E-state index in [2.05, 4.69) is 20.5 Å². The second-order valence-electron chi connectivity index (χ2n) is 5.37. The number of likely N-dealkylation sites (tertiary alicyclic amines) is 1. The van der Waals surface area contributed by atoms with E-state index in [0.29, 0.717) is 0 Å². The number of methoxy groups -OCH3 is 1. The van der Waals surface area contributed by atoms with Gasteiger partial charge in [-0.25, -0.2) is 0 Å². The quantitative estimate of drug-likeness (QED) is 0.878. The maximum atomic E-state index is 5.45. The summed E-state index contributed by atoms with van der Waals surface area (Å²) in [7, 11) is 1.69. The van der Waals surface area contributed by atoms with Gasteiger partial charge in [-0.3, -0.25) is 0 Å². The number of ether oxygens (including phenoxy) is 1. The fraction of sp³-hybridized carbons (Fsp3) is 0.533. The largest absolute Gasteiger partial charge is 0.497 e. The zero-order valence-corrected chi connectivity index (χ0v) is 12.7. The molecule has 1 aliphatic rings. The first-order valence-electron chi connectivity index (χ1n) is 7.27. The molecule has 4 nitrogen and oxygen atoms in total. The van der Waals surface area contributed by atoms with Crippen molar-refractivity contribution in [2.24, 2.45) is 0 Å². The smallest absolute Gasteiger partial charge is 0.178 e. The number of aromatic amines is 1. The number of H-pyrrole nitrogens is 1. The molecule has 1 N–H and O–H groups in total. The molecule has 0 spiro atoms. The summed E-state index contributed by atoms with van der Waals surface area (Å²) in [5, 5.41) is 0. The fourth-order valence-electron chi connectivity index (χ4n) is 2.91. The van der Waals surface area contributed by atoms with E-state index in [1.165, 1.54) is 32.4 Å². The zero-order chi connectivity index (χ0) is 13.9. The Kier molecular flexibility index (Phi) is 4.08. The molecular weight excluding hydrogens is 270 g/mol. The van der Waals surface area contributed by atoms with Crippen LogP contribution in [0.3, 0.4) is 0 Å². The molecule has 1 fully saturated rings. The van der Waals surface area contributed by atoms with E-state index in [1.54, 1.807) is 7.11 Å². The van der Waals surface area contributed by atoms with Gasteiger partial charge in [0.2, 0.25) is 0 Å². The lowest BCUT2D eigenvalue weighted by molar-refractivity contribution is 0.221. The highest BCUT2D eigenvalue weighted by atomic mass is 32.1. The summed E-state index contributed by atoms with van der Waals surface area (Å²) in [6.07, 6.45) is 4.03. The Hall–Kier alpha value is -1.33. The average molecular weight is 291 g/mol. The lowest BCUT2D eigenvalue weighted by Crippen LogP contribution is -2.32. The van der Waals surface area contributed by atoms with Crippen molar-refractivity contribution in [2.75, 3.05) is 26.7 Å². The molecule has 3 rings (SSSR count). The average Bonchev–Trinajstić information content (AvgIpc) is 2.80. The van der Waals surface area contributed by atoms with Crippen LogP contribution in [0.15, 0.2) is 18.2 Å². The normalized spacial score (nSPS) is 16.6. The van der Waals surface area contributed by atoms with E-state index in [1.807, 2.05) is 12.1 Å². The maximum Gasteiger partial charge on any atom is 0.178 e. The molecule has 0 atom stereocenters. The Morgan fingerprint density at radius 3 is 2.75 bits per heavy atom. The van der Waals surface area contributed by atoms with Crippen LogP contribution >= 0.6 is 12.2 Å². The molecule has 0 amide bonds. The van der Waals surface area contributed by atoms with Crippen molar-refractivity contribution in [3.8, 4) is 5.75 Å². The van der Waals surface area contributed by atoms with Gasteiger partial charge < -0.3 is 19.2 Å². The van der Waals surface area contributed by atoms with Gasteiger partial charge in [-0.05, 0) is 50.3 Å². The van der Waals surface area contributed by atoms with Gasteiger partial charge in [-0.2, -0.15) is 0 Å². The summed E-state index contributed by atoms with van der Waals surface area (Å²) in [6, 6.07) is 6.04. The standard InChI is InChI=1S/C15H21N3OS/c1-19-12-5-6-13-14(11-12)18(15(20)16-13)10-9-17-7-3-2-4-8-17/h5-6,11H,2-4,7-10H2,1H3,(H,16,20). The van der Waals surface area contributed by atoms with Crippen LogP contribution in [0, 0.1) is 4.77 Å². The molecule has 1 aliphatic heterocycles. The molecular formula is C15H21N3OS. The highest BCUT2D eigenvalue weighted by Crippen LogP contribution is 2.21. The predicted molar refractivity (Wildman–Crippen MR) is 84.0 cm³/mol. The van der Waals surface area contributed by atoms with Crippen LogP contribution < -0.4 is 4.74 Å². The molecule has 1 aromatic carbocycles. The van der Waals surface area contributed by atoms with E-state index in [9.17, 15) is 0 Å². The first-order chi connectivity index (χ1) is 9.78. The van der Waals surface area contributed by atoms with Crippen LogP contribution in [-0.2, 0) is 6.54 Å². The number of nitrogens with one attached hydrogen (secondary N) is 1. The molecule has 2 heterocycles. The Bertz CT molecular complexity index is 640. The first kappa shape index (κ1) is 13.6. The molecule has 2 aromatic rings. The molecule has 0 aliphatic carbocycles. The highest BCUT2D eigenvalue weighted by Gasteiger charge is 2.11. The molecule has 108 valence electrons. The SMILES string of the molecule is COc1ccc2[nH]c(=S)n(CCN3CCCCC3)c2c1. The summed E-state index contributed by atoms with van der Waals surface area (Å²) >= 11 is 5.45. The van der Waals surface area contributed by atoms with E-state index < -0.39 is 0 Å². The third kappa shape index (κ3) is 2.74. The van der Waals surface area contributed by atoms with Crippen LogP contribution in [0.4, 0.5) is 0 Å².